The molecule has 3 amide bonds. The Kier molecular flexibility index (Phi) is 10.5. The van der Waals surface area contributed by atoms with Crippen LogP contribution >= 0.6 is 0 Å². The van der Waals surface area contributed by atoms with Gasteiger partial charge in [-0.25, -0.2) is 4.39 Å². The number of hydrogen-bond donors (Lipinski definition) is 5. The second kappa shape index (κ2) is 15.3. The summed E-state index contributed by atoms with van der Waals surface area (Å²) in [6, 6.07) is 18.2. The predicted molar refractivity (Wildman–Crippen MR) is 179 cm³/mol. The number of halogens is 1. The Labute approximate surface area is 278 Å². The number of nitrogens with zero attached hydrogens (tertiary/aromatic N) is 4. The van der Waals surface area contributed by atoms with Crippen molar-refractivity contribution in [3.8, 4) is 22.5 Å². The Morgan fingerprint density at radius 2 is 1.65 bits per heavy atom. The second-order valence-electron chi connectivity index (χ2n) is 12.4. The first-order chi connectivity index (χ1) is 23.4. The van der Waals surface area contributed by atoms with E-state index in [0.717, 1.165) is 36.8 Å². The molecule has 0 bridgehead atoms. The zero-order valence-electron chi connectivity index (χ0n) is 26.6. The van der Waals surface area contributed by atoms with E-state index in [2.05, 4.69) is 36.6 Å². The van der Waals surface area contributed by atoms with Crippen LogP contribution in [0, 0.1) is 17.7 Å². The molecule has 1 aromatic heterocycles. The summed E-state index contributed by atoms with van der Waals surface area (Å²) in [4.78, 5) is 41.7. The SMILES string of the molecule is NCC1CCC(C(=O)NC(Cc2ccc(-c3cccc(C(=O)N4CCNCC4)c3F)cc2)C(=O)Nc2ccc(-c3nn[nH]n3)cc2)CC1. The molecule has 4 aromatic rings. The molecule has 13 heteroatoms. The lowest BCUT2D eigenvalue weighted by Crippen LogP contribution is -2.48. The molecule has 0 radical (unpaired) electrons. The van der Waals surface area contributed by atoms with Gasteiger partial charge in [0.05, 0.1) is 5.56 Å². The van der Waals surface area contributed by atoms with Crippen LogP contribution in [0.5, 0.6) is 0 Å². The summed E-state index contributed by atoms with van der Waals surface area (Å²) in [7, 11) is 0. The molecule has 48 heavy (non-hydrogen) atoms. The van der Waals surface area contributed by atoms with Crippen LogP contribution in [-0.4, -0.2) is 82.0 Å². The van der Waals surface area contributed by atoms with E-state index in [9.17, 15) is 14.4 Å². The molecule has 1 aliphatic carbocycles. The smallest absolute Gasteiger partial charge is 0.256 e. The van der Waals surface area contributed by atoms with Crippen LogP contribution in [0.25, 0.3) is 22.5 Å². The minimum absolute atomic E-state index is 0.0451. The molecule has 6 N–H and O–H groups in total. The van der Waals surface area contributed by atoms with Gasteiger partial charge in [-0.05, 0) is 84.8 Å². The van der Waals surface area contributed by atoms with Crippen LogP contribution in [0.3, 0.4) is 0 Å². The predicted octanol–water partition coefficient (Wildman–Crippen LogP) is 3.15. The fourth-order valence-electron chi connectivity index (χ4n) is 6.39. The van der Waals surface area contributed by atoms with Crippen molar-refractivity contribution in [2.75, 3.05) is 38.0 Å². The maximum Gasteiger partial charge on any atom is 0.256 e. The van der Waals surface area contributed by atoms with Crippen LogP contribution in [0.15, 0.2) is 66.7 Å². The van der Waals surface area contributed by atoms with Gasteiger partial charge in [0.15, 0.2) is 0 Å². The van der Waals surface area contributed by atoms with Gasteiger partial charge >= 0.3 is 0 Å². The molecular formula is C35H40FN9O3. The first kappa shape index (κ1) is 32.9. The number of hydrogen-bond acceptors (Lipinski definition) is 8. The van der Waals surface area contributed by atoms with Crippen molar-refractivity contribution >= 4 is 23.4 Å². The van der Waals surface area contributed by atoms with Gasteiger partial charge in [0.1, 0.15) is 11.9 Å². The number of piperazine rings is 1. The Morgan fingerprint density at radius 1 is 0.938 bits per heavy atom. The largest absolute Gasteiger partial charge is 0.344 e. The summed E-state index contributed by atoms with van der Waals surface area (Å²) in [5.41, 5.74) is 8.88. The molecule has 1 saturated heterocycles. The molecule has 250 valence electrons. The van der Waals surface area contributed by atoms with Crippen LogP contribution in [0.1, 0.15) is 41.6 Å². The third kappa shape index (κ3) is 7.75. The van der Waals surface area contributed by atoms with E-state index in [1.165, 1.54) is 6.07 Å². The number of aromatic nitrogens is 4. The molecule has 6 rings (SSSR count). The van der Waals surface area contributed by atoms with E-state index in [0.29, 0.717) is 61.3 Å². The Hall–Kier alpha value is -5.01. The summed E-state index contributed by atoms with van der Waals surface area (Å²) in [6.45, 7) is 3.03. The quantitative estimate of drug-likeness (QED) is 0.174. The summed E-state index contributed by atoms with van der Waals surface area (Å²) in [6.07, 6.45) is 3.46. The number of benzene rings is 3. The Morgan fingerprint density at radius 3 is 2.31 bits per heavy atom. The van der Waals surface area contributed by atoms with Gasteiger partial charge in [-0.3, -0.25) is 14.4 Å². The van der Waals surface area contributed by atoms with Gasteiger partial charge in [-0.2, -0.15) is 5.21 Å². The molecule has 1 saturated carbocycles. The summed E-state index contributed by atoms with van der Waals surface area (Å²) < 4.78 is 15.7. The van der Waals surface area contributed by atoms with Crippen molar-refractivity contribution in [1.82, 2.24) is 36.2 Å². The molecule has 2 aliphatic rings. The first-order valence-electron chi connectivity index (χ1n) is 16.4. The van der Waals surface area contributed by atoms with Crippen LogP contribution in [-0.2, 0) is 16.0 Å². The average Bonchev–Trinajstić information content (AvgIpc) is 3.68. The van der Waals surface area contributed by atoms with Crippen molar-refractivity contribution < 1.29 is 18.8 Å². The number of nitrogens with one attached hydrogen (secondary N) is 4. The molecule has 1 atom stereocenters. The molecule has 12 nitrogen and oxygen atoms in total. The average molecular weight is 654 g/mol. The number of rotatable bonds is 10. The van der Waals surface area contributed by atoms with Crippen molar-refractivity contribution in [3.63, 3.8) is 0 Å². The van der Waals surface area contributed by atoms with Crippen molar-refractivity contribution in [1.29, 1.82) is 0 Å². The van der Waals surface area contributed by atoms with E-state index >= 15 is 4.39 Å². The summed E-state index contributed by atoms with van der Waals surface area (Å²) in [5, 5.41) is 23.1. The number of H-pyrrole nitrogens is 1. The highest BCUT2D eigenvalue weighted by Gasteiger charge is 2.30. The number of carbonyl (C=O) groups is 3. The Bertz CT molecular complexity index is 1700. The highest BCUT2D eigenvalue weighted by Crippen LogP contribution is 2.29. The van der Waals surface area contributed by atoms with Crippen LogP contribution in [0.2, 0.25) is 0 Å². The molecular weight excluding hydrogens is 613 g/mol. The lowest BCUT2D eigenvalue weighted by Gasteiger charge is -2.28. The third-order valence-corrected chi connectivity index (χ3v) is 9.28. The molecule has 2 fully saturated rings. The van der Waals surface area contributed by atoms with Gasteiger partial charge in [-0.1, -0.05) is 36.4 Å². The van der Waals surface area contributed by atoms with Gasteiger partial charge in [-0.15, -0.1) is 10.2 Å². The summed E-state index contributed by atoms with van der Waals surface area (Å²) in [5.74, 6) is -0.718. The molecule has 1 aliphatic heterocycles. The van der Waals surface area contributed by atoms with E-state index in [1.54, 1.807) is 53.4 Å². The fourth-order valence-corrected chi connectivity index (χ4v) is 6.39. The molecule has 1 unspecified atom stereocenters. The number of nitrogens with two attached hydrogens (primary N) is 1. The highest BCUT2D eigenvalue weighted by molar-refractivity contribution is 5.98. The van der Waals surface area contributed by atoms with Crippen LogP contribution in [0.4, 0.5) is 10.1 Å². The van der Waals surface area contributed by atoms with Crippen LogP contribution < -0.4 is 21.7 Å². The maximum atomic E-state index is 15.7. The monoisotopic (exact) mass is 653 g/mol. The zero-order valence-corrected chi connectivity index (χ0v) is 26.6. The number of carbonyl (C=O) groups excluding carboxylic acids is 3. The highest BCUT2D eigenvalue weighted by atomic mass is 19.1. The first-order valence-corrected chi connectivity index (χ1v) is 16.4. The molecule has 2 heterocycles. The normalized spacial score (nSPS) is 18.6. The number of anilines is 1. The number of amides is 3. The number of aromatic amines is 1. The summed E-state index contributed by atoms with van der Waals surface area (Å²) >= 11 is 0. The minimum atomic E-state index is -0.857. The minimum Gasteiger partial charge on any atom is -0.344 e. The fraction of sp³-hybridized carbons (Fsp3) is 0.371. The van der Waals surface area contributed by atoms with Gasteiger partial charge in [0.2, 0.25) is 17.6 Å². The van der Waals surface area contributed by atoms with E-state index in [1.807, 2.05) is 12.1 Å². The van der Waals surface area contributed by atoms with E-state index < -0.39 is 11.9 Å². The lowest BCUT2D eigenvalue weighted by atomic mass is 9.81. The van der Waals surface area contributed by atoms with E-state index in [-0.39, 0.29) is 35.6 Å². The van der Waals surface area contributed by atoms with Gasteiger partial charge in [0, 0.05) is 55.3 Å². The molecule has 0 spiro atoms. The topological polar surface area (TPSA) is 171 Å². The van der Waals surface area contributed by atoms with Gasteiger partial charge < -0.3 is 26.6 Å². The van der Waals surface area contributed by atoms with Crippen molar-refractivity contribution in [2.45, 2.75) is 38.1 Å². The van der Waals surface area contributed by atoms with E-state index in [4.69, 9.17) is 5.73 Å². The van der Waals surface area contributed by atoms with Gasteiger partial charge in [0.25, 0.3) is 5.91 Å². The second-order valence-corrected chi connectivity index (χ2v) is 12.4. The molecule has 3 aromatic carbocycles. The third-order valence-electron chi connectivity index (χ3n) is 9.28. The van der Waals surface area contributed by atoms with Crippen molar-refractivity contribution in [3.05, 3.63) is 83.7 Å². The lowest BCUT2D eigenvalue weighted by molar-refractivity contribution is -0.130. The Balaban J connectivity index is 1.17. The maximum absolute atomic E-state index is 15.7. The zero-order chi connectivity index (χ0) is 33.5. The number of tetrazole rings is 1. The standard InChI is InChI=1S/C35H40FN9O3/c36-31-28(2-1-3-29(31)35(48)45-18-16-38-17-19-45)24-8-4-22(5-9-24)20-30(40-33(46)26-10-6-23(21-37)7-11-26)34(47)39-27-14-12-25(13-15-27)32-41-43-44-42-32/h1-5,8-9,12-15,23,26,30,38H,6-7,10-11,16-21,37H2,(H,39,47)(H,40,46)(H,41,42,43,44). The van der Waals surface area contributed by atoms with Crippen molar-refractivity contribution in [2.24, 2.45) is 17.6 Å².